The number of imidazole rings is 1. The average molecular weight is 508 g/mol. The molecule has 0 radical (unpaired) electrons. The molecule has 0 unspecified atom stereocenters. The van der Waals surface area contributed by atoms with E-state index in [-0.39, 0.29) is 22.9 Å². The normalized spacial score (nSPS) is 22.2. The highest BCUT2D eigenvalue weighted by atomic mass is 32.5. The number of ether oxygens (including phenoxy) is 1. The number of hydrogen-bond donors (Lipinski definition) is 10. The van der Waals surface area contributed by atoms with Crippen molar-refractivity contribution in [1.82, 2.24) is 29.5 Å². The molecule has 1 fully saturated rings. The topological polar surface area (TPSA) is 292 Å². The van der Waals surface area contributed by atoms with Crippen LogP contribution in [0.1, 0.15) is 6.23 Å². The van der Waals surface area contributed by atoms with Gasteiger partial charge in [-0.2, -0.15) is 9.97 Å². The van der Waals surface area contributed by atoms with Gasteiger partial charge in [0, 0.05) is 6.20 Å². The molecule has 0 spiro atoms. The van der Waals surface area contributed by atoms with E-state index in [1.54, 1.807) is 0 Å². The van der Waals surface area contributed by atoms with Crippen molar-refractivity contribution in [2.24, 2.45) is 0 Å². The van der Waals surface area contributed by atoms with Crippen LogP contribution < -0.4 is 22.7 Å². The summed E-state index contributed by atoms with van der Waals surface area (Å²) < 4.78 is 6.64. The SMILES string of the molecule is Nc1cc[nH]c(=O)n1.Nc1nc2c(ncn2[C@@H]2O[C@H](CO)[C@@H](O)[C@H]2O)c(=O)[nH]1.OP(O)(O)=S. The summed E-state index contributed by atoms with van der Waals surface area (Å²) in [6.45, 7) is -4.25. The Morgan fingerprint density at radius 2 is 1.82 bits per heavy atom. The van der Waals surface area contributed by atoms with Gasteiger partial charge in [-0.3, -0.25) is 14.3 Å². The molecule has 0 bridgehead atoms. The molecule has 0 aromatic carbocycles. The van der Waals surface area contributed by atoms with Crippen LogP contribution in [0.2, 0.25) is 0 Å². The van der Waals surface area contributed by atoms with E-state index in [9.17, 15) is 19.8 Å². The van der Waals surface area contributed by atoms with Gasteiger partial charge in [-0.05, 0) is 17.9 Å². The lowest BCUT2D eigenvalue weighted by molar-refractivity contribution is -0.0511. The van der Waals surface area contributed by atoms with Gasteiger partial charge in [0.2, 0.25) is 5.95 Å². The molecule has 1 aliphatic rings. The second-order valence-corrected chi connectivity index (χ2v) is 8.83. The van der Waals surface area contributed by atoms with Crippen LogP contribution in [0, 0.1) is 0 Å². The first-order valence-electron chi connectivity index (χ1n) is 8.76. The third-order valence-electron chi connectivity index (χ3n) is 3.93. The van der Waals surface area contributed by atoms with Crippen LogP contribution in [0.3, 0.4) is 0 Å². The quantitative estimate of drug-likeness (QED) is 0.147. The third-order valence-corrected chi connectivity index (χ3v) is 3.93. The zero-order chi connectivity index (χ0) is 24.9. The molecule has 12 N–H and O–H groups in total. The van der Waals surface area contributed by atoms with Gasteiger partial charge in [-0.1, -0.05) is 0 Å². The lowest BCUT2D eigenvalue weighted by Gasteiger charge is -2.16. The minimum Gasteiger partial charge on any atom is -0.394 e. The molecule has 4 rings (SSSR count). The molecule has 19 heteroatoms. The molecule has 4 atom stereocenters. The summed E-state index contributed by atoms with van der Waals surface area (Å²) in [6, 6.07) is 1.52. The van der Waals surface area contributed by atoms with Crippen LogP contribution in [-0.2, 0) is 16.5 Å². The number of aromatic nitrogens is 6. The zero-order valence-electron chi connectivity index (χ0n) is 16.5. The van der Waals surface area contributed by atoms with Gasteiger partial charge in [0.1, 0.15) is 24.1 Å². The smallest absolute Gasteiger partial charge is 0.346 e. The highest BCUT2D eigenvalue weighted by Crippen LogP contribution is 2.30. The number of aliphatic hydroxyl groups is 3. The molecule has 17 nitrogen and oxygen atoms in total. The molecule has 3 aromatic rings. The summed E-state index contributed by atoms with van der Waals surface area (Å²) in [7, 11) is 0. The summed E-state index contributed by atoms with van der Waals surface area (Å²) in [5, 5.41) is 28.7. The molecule has 0 amide bonds. The lowest BCUT2D eigenvalue weighted by Crippen LogP contribution is -2.33. The number of anilines is 2. The number of aromatic amines is 2. The Balaban J connectivity index is 0.000000244. The van der Waals surface area contributed by atoms with Crippen LogP contribution in [-0.4, -0.2) is 84.4 Å². The molecular weight excluding hydrogens is 487 g/mol. The monoisotopic (exact) mass is 508 g/mol. The minimum atomic E-state index is -3.81. The van der Waals surface area contributed by atoms with Crippen LogP contribution in [0.25, 0.3) is 11.2 Å². The summed E-state index contributed by atoms with van der Waals surface area (Å²) >= 11 is 3.60. The Morgan fingerprint density at radius 3 is 2.30 bits per heavy atom. The minimum absolute atomic E-state index is 0.0388. The van der Waals surface area contributed by atoms with Crippen LogP contribution in [0.15, 0.2) is 28.2 Å². The zero-order valence-corrected chi connectivity index (χ0v) is 18.2. The standard InChI is InChI=1S/C10H13N5O5.C4H5N3O.H3O3PS/c11-10-13-7-4(8(19)14-10)12-2-15(7)9-6(18)5(17)3(1-16)20-9;5-3-1-2-6-4(8)7-3;1-4(2,3)5/h2-3,5-6,9,16-18H,1H2,(H3,11,13,14,19);1-2H,(H3,5,6,7,8);(H3,1,2,3,5)/t3-,5-,6-,9-;;/m1../s1. The third kappa shape index (κ3) is 7.35. The predicted octanol–water partition coefficient (Wildman–Crippen LogP) is -4.15. The maximum atomic E-state index is 11.7. The summed E-state index contributed by atoms with van der Waals surface area (Å²) in [4.78, 5) is 60.4. The van der Waals surface area contributed by atoms with E-state index in [1.807, 2.05) is 0 Å². The van der Waals surface area contributed by atoms with Gasteiger partial charge in [0.25, 0.3) is 5.56 Å². The fourth-order valence-electron chi connectivity index (χ4n) is 2.62. The van der Waals surface area contributed by atoms with Gasteiger partial charge < -0.3 is 51.2 Å². The number of nitrogen functional groups attached to an aromatic ring is 2. The van der Waals surface area contributed by atoms with E-state index in [2.05, 4.69) is 36.7 Å². The number of nitrogens with zero attached hydrogens (tertiary/aromatic N) is 4. The van der Waals surface area contributed by atoms with Crippen molar-refractivity contribution in [3.05, 3.63) is 39.4 Å². The number of fused-ring (bicyclic) bond motifs is 1. The Bertz CT molecular complexity index is 1230. The van der Waals surface area contributed by atoms with Crippen LogP contribution in [0.4, 0.5) is 11.8 Å². The highest BCUT2D eigenvalue weighted by molar-refractivity contribution is 8.06. The first-order valence-corrected chi connectivity index (χ1v) is 11.4. The average Bonchev–Trinajstić information content (AvgIpc) is 3.22. The maximum Gasteiger partial charge on any atom is 0.346 e. The second kappa shape index (κ2) is 10.9. The van der Waals surface area contributed by atoms with E-state index in [0.717, 1.165) is 0 Å². The van der Waals surface area contributed by atoms with Crippen molar-refractivity contribution in [1.29, 1.82) is 0 Å². The number of aliphatic hydroxyl groups excluding tert-OH is 3. The fraction of sp³-hybridized carbons (Fsp3) is 0.357. The molecule has 4 heterocycles. The van der Waals surface area contributed by atoms with Gasteiger partial charge in [-0.15, -0.1) is 0 Å². The van der Waals surface area contributed by atoms with Crippen molar-refractivity contribution in [2.45, 2.75) is 24.5 Å². The Morgan fingerprint density at radius 1 is 1.18 bits per heavy atom. The number of nitrogens with two attached hydrogens (primary N) is 2. The van der Waals surface area contributed by atoms with Crippen LogP contribution >= 0.6 is 6.72 Å². The van der Waals surface area contributed by atoms with Crippen molar-refractivity contribution in [3.8, 4) is 0 Å². The fourth-order valence-corrected chi connectivity index (χ4v) is 2.62. The summed E-state index contributed by atoms with van der Waals surface area (Å²) in [6.07, 6.45) is -1.77. The predicted molar refractivity (Wildman–Crippen MR) is 116 cm³/mol. The lowest BCUT2D eigenvalue weighted by atomic mass is 10.1. The van der Waals surface area contributed by atoms with Crippen molar-refractivity contribution in [2.75, 3.05) is 18.1 Å². The molecule has 3 aromatic heterocycles. The number of nitrogens with one attached hydrogen (secondary N) is 2. The molecule has 0 saturated carbocycles. The van der Waals surface area contributed by atoms with E-state index in [4.69, 9.17) is 36.0 Å². The molecule has 182 valence electrons. The van der Waals surface area contributed by atoms with Gasteiger partial charge in [-0.25, -0.2) is 9.78 Å². The maximum absolute atomic E-state index is 11.7. The molecule has 0 aliphatic carbocycles. The number of H-pyrrole nitrogens is 2. The van der Waals surface area contributed by atoms with Crippen molar-refractivity contribution >= 4 is 41.5 Å². The van der Waals surface area contributed by atoms with E-state index >= 15 is 0 Å². The summed E-state index contributed by atoms with van der Waals surface area (Å²) in [5.41, 5.74) is 9.83. The number of hydrogen-bond acceptors (Lipinski definition) is 12. The van der Waals surface area contributed by atoms with Crippen molar-refractivity contribution in [3.63, 3.8) is 0 Å². The van der Waals surface area contributed by atoms with E-state index in [0.29, 0.717) is 0 Å². The van der Waals surface area contributed by atoms with E-state index in [1.165, 1.54) is 23.2 Å². The molecule has 1 saturated heterocycles. The van der Waals surface area contributed by atoms with Gasteiger partial charge in [0.15, 0.2) is 17.4 Å². The van der Waals surface area contributed by atoms with Gasteiger partial charge in [0.05, 0.1) is 12.9 Å². The van der Waals surface area contributed by atoms with E-state index < -0.39 is 49.1 Å². The summed E-state index contributed by atoms with van der Waals surface area (Å²) in [5.74, 6) is 0.143. The first-order chi connectivity index (χ1) is 15.3. The largest absolute Gasteiger partial charge is 0.394 e. The van der Waals surface area contributed by atoms with Crippen LogP contribution in [0.5, 0.6) is 0 Å². The van der Waals surface area contributed by atoms with Crippen molar-refractivity contribution < 1.29 is 34.7 Å². The Kier molecular flexibility index (Phi) is 8.72. The Labute approximate surface area is 188 Å². The first kappa shape index (κ1) is 26.5. The second-order valence-electron chi connectivity index (χ2n) is 6.34. The molecule has 1 aliphatic heterocycles. The highest BCUT2D eigenvalue weighted by Gasteiger charge is 2.44. The molecular formula is C14H21N8O9PS. The van der Waals surface area contributed by atoms with Gasteiger partial charge >= 0.3 is 12.4 Å². The Hall–Kier alpha value is -2.80. The number of rotatable bonds is 2. The molecule has 33 heavy (non-hydrogen) atoms.